The molecule has 5 atom stereocenters. The molecule has 6 N–H and O–H groups in total. The van der Waals surface area contributed by atoms with E-state index in [1.165, 1.54) is 17.0 Å². The quantitative estimate of drug-likeness (QED) is 0.0727. The maximum Gasteiger partial charge on any atom is 0.254 e. The summed E-state index contributed by atoms with van der Waals surface area (Å²) in [6.45, 7) is 0. The van der Waals surface area contributed by atoms with Gasteiger partial charge in [-0.1, -0.05) is 245 Å². The molecule has 0 aliphatic carbocycles. The third-order valence-electron chi connectivity index (χ3n) is 19.5. The van der Waals surface area contributed by atoms with E-state index in [2.05, 4.69) is 66.8 Å². The number of amides is 7. The number of aromatic hydroxyl groups is 1. The van der Waals surface area contributed by atoms with Crippen molar-refractivity contribution in [2.45, 2.75) is 49.5 Å². The van der Waals surface area contributed by atoms with Crippen LogP contribution in [0.25, 0.3) is 33.4 Å². The third-order valence-corrected chi connectivity index (χ3v) is 20.5. The van der Waals surface area contributed by atoms with E-state index < -0.39 is 35.9 Å². The van der Waals surface area contributed by atoms with Gasteiger partial charge in [0, 0.05) is 60.6 Å². The molecule has 12 aromatic carbocycles. The van der Waals surface area contributed by atoms with Gasteiger partial charge in [0.2, 0.25) is 23.6 Å². The van der Waals surface area contributed by atoms with Gasteiger partial charge in [-0.05, 0) is 152 Å². The van der Waals surface area contributed by atoms with E-state index in [4.69, 9.17) is 23.2 Å². The first kappa shape index (κ1) is 75.9. The summed E-state index contributed by atoms with van der Waals surface area (Å²) in [6.07, 6.45) is 1.22. The van der Waals surface area contributed by atoms with Gasteiger partial charge in [0.15, 0.2) is 0 Å². The Morgan fingerprint density at radius 2 is 0.773 bits per heavy atom. The van der Waals surface area contributed by atoms with E-state index in [0.717, 1.165) is 83.0 Å². The van der Waals surface area contributed by atoms with Crippen LogP contribution in [-0.2, 0) is 38.4 Å². The van der Waals surface area contributed by atoms with Crippen LogP contribution in [0.2, 0.25) is 10.0 Å². The smallest absolute Gasteiger partial charge is 0.254 e. The number of benzene rings is 12. The molecule has 20 heteroatoms. The first-order chi connectivity index (χ1) is 53.2. The van der Waals surface area contributed by atoms with E-state index in [-0.39, 0.29) is 52.8 Å². The van der Waals surface area contributed by atoms with Gasteiger partial charge in [0.05, 0.1) is 39.8 Å². The Kier molecular flexibility index (Phi) is 23.7. The van der Waals surface area contributed by atoms with Gasteiger partial charge in [-0.15, -0.1) is 0 Å². The lowest BCUT2D eigenvalue weighted by molar-refractivity contribution is -0.121. The van der Waals surface area contributed by atoms with Crippen molar-refractivity contribution in [3.8, 4) is 39.1 Å². The minimum atomic E-state index is -0.712. The largest absolute Gasteiger partial charge is 0.508 e. The van der Waals surface area contributed by atoms with Crippen LogP contribution in [0, 0.1) is 5.82 Å². The standard InChI is InChI=1S/C23H19BrN2O2.C23H19FN2O2.C22H19ClN2O2.C22H17ClN2O2/c2*1-26-21-12-11-18(24)14-19(21)22(27)25-20(23(26)28)13-15-7-9-17(10-8-15)16-5-3-2-4-6-16;1-25-19-12-9-16(23)13-18(19)20(15-7-10-17(26)11-8-15)24-21(22(25)27)14-5-3-2-4-6-14;23-17-10-11-19-18(13-17)21(26)25-20(22(27)24-19)12-14-6-8-16(9-7-14)15-4-2-1-3-5-15/h2*2-12,14,20H,13H2,1H3,(H,25,27);2-13,20-21,24,26H,1H3;1-11,13,20H,12H2,(H,24,27)(H,25,26). The molecule has 550 valence electrons. The second-order valence-electron chi connectivity index (χ2n) is 26.8. The van der Waals surface area contributed by atoms with Crippen molar-refractivity contribution in [1.82, 2.24) is 21.3 Å². The molecular weight excluding hydrogens is 1490 g/mol. The molecule has 0 radical (unpaired) electrons. The number of nitrogens with one attached hydrogen (secondary N) is 5. The van der Waals surface area contributed by atoms with E-state index in [1.807, 2.05) is 200 Å². The maximum atomic E-state index is 13.6. The number of likely N-dealkylation sites (N-methyl/N-ethyl adjacent to an activating group) is 3. The molecule has 7 amide bonds. The molecule has 16 rings (SSSR count). The van der Waals surface area contributed by atoms with Gasteiger partial charge in [-0.25, -0.2) is 4.39 Å². The molecule has 12 aromatic rings. The first-order valence-corrected chi connectivity index (χ1v) is 37.0. The molecule has 4 heterocycles. The maximum absolute atomic E-state index is 13.6. The zero-order valence-electron chi connectivity index (χ0n) is 59.9. The lowest BCUT2D eigenvalue weighted by Gasteiger charge is -2.23. The van der Waals surface area contributed by atoms with E-state index in [9.17, 15) is 43.1 Å². The zero-order chi connectivity index (χ0) is 77.1. The van der Waals surface area contributed by atoms with Crippen LogP contribution < -0.4 is 41.3 Å². The highest BCUT2D eigenvalue weighted by Gasteiger charge is 2.37. The summed E-state index contributed by atoms with van der Waals surface area (Å²) in [5.41, 5.74) is 15.7. The van der Waals surface area contributed by atoms with Crippen molar-refractivity contribution in [1.29, 1.82) is 0 Å². The Labute approximate surface area is 654 Å². The second kappa shape index (κ2) is 34.3. The van der Waals surface area contributed by atoms with Gasteiger partial charge >= 0.3 is 0 Å². The topological polar surface area (TPSA) is 210 Å². The molecule has 0 saturated heterocycles. The number of fused-ring (bicyclic) bond motifs is 4. The molecule has 0 bridgehead atoms. The van der Waals surface area contributed by atoms with Crippen LogP contribution in [0.4, 0.5) is 27.1 Å². The molecule has 0 saturated carbocycles. The van der Waals surface area contributed by atoms with Gasteiger partial charge in [-0.3, -0.25) is 38.9 Å². The summed E-state index contributed by atoms with van der Waals surface area (Å²) in [7, 11) is 5.09. The Balaban J connectivity index is 0.000000129. The van der Waals surface area contributed by atoms with Gasteiger partial charge in [0.1, 0.15) is 35.7 Å². The second-order valence-corrected chi connectivity index (χ2v) is 28.6. The predicted molar refractivity (Wildman–Crippen MR) is 435 cm³/mol. The van der Waals surface area contributed by atoms with Crippen molar-refractivity contribution >= 4 is 103 Å². The number of anilines is 4. The van der Waals surface area contributed by atoms with Crippen LogP contribution in [-0.4, -0.2) is 85.7 Å². The summed E-state index contributed by atoms with van der Waals surface area (Å²) in [5, 5.41) is 25.5. The number of nitrogens with zero attached hydrogens (tertiary/aromatic N) is 3. The molecule has 0 spiro atoms. The van der Waals surface area contributed by atoms with Crippen LogP contribution in [0.15, 0.2) is 296 Å². The summed E-state index contributed by atoms with van der Waals surface area (Å²) in [5.74, 6) is -1.93. The Morgan fingerprint density at radius 1 is 0.382 bits per heavy atom. The Bertz CT molecular complexity index is 5210. The summed E-state index contributed by atoms with van der Waals surface area (Å²) in [4.78, 5) is 93.9. The monoisotopic (exact) mass is 1560 g/mol. The molecule has 0 fully saturated rings. The number of halogens is 4. The fourth-order valence-electron chi connectivity index (χ4n) is 13.6. The van der Waals surface area contributed by atoms with Gasteiger partial charge in [-0.2, -0.15) is 0 Å². The van der Waals surface area contributed by atoms with Crippen molar-refractivity contribution in [2.24, 2.45) is 0 Å². The Morgan fingerprint density at radius 3 is 1.27 bits per heavy atom. The summed E-state index contributed by atoms with van der Waals surface area (Å²) >= 11 is 15.6. The van der Waals surface area contributed by atoms with E-state index in [1.54, 1.807) is 79.5 Å². The van der Waals surface area contributed by atoms with Crippen LogP contribution >= 0.6 is 39.1 Å². The van der Waals surface area contributed by atoms with E-state index in [0.29, 0.717) is 57.5 Å². The number of hydrogen-bond acceptors (Lipinski definition) is 9. The average molecular weight is 1570 g/mol. The molecule has 0 aromatic heterocycles. The third kappa shape index (κ3) is 17.8. The summed E-state index contributed by atoms with van der Waals surface area (Å²) in [6, 6.07) is 87.9. The highest BCUT2D eigenvalue weighted by molar-refractivity contribution is 9.10. The van der Waals surface area contributed by atoms with Gasteiger partial charge < -0.3 is 41.1 Å². The zero-order valence-corrected chi connectivity index (χ0v) is 63.0. The van der Waals surface area contributed by atoms with Crippen molar-refractivity contribution in [3.63, 3.8) is 0 Å². The van der Waals surface area contributed by atoms with Crippen LogP contribution in [0.1, 0.15) is 76.5 Å². The fourth-order valence-corrected chi connectivity index (χ4v) is 14.4. The fraction of sp³-hybridized carbons (Fsp3) is 0.122. The average Bonchev–Trinajstić information content (AvgIpc) is 1.66. The highest BCUT2D eigenvalue weighted by atomic mass is 79.9. The van der Waals surface area contributed by atoms with Crippen molar-refractivity contribution < 1.29 is 43.1 Å². The molecule has 16 nitrogen and oxygen atoms in total. The first-order valence-electron chi connectivity index (χ1n) is 35.5. The minimum absolute atomic E-state index is 0.0361. The molecule has 4 aliphatic heterocycles. The number of phenolic OH excluding ortho intramolecular Hbond substituents is 1. The number of rotatable bonds is 11. The lowest BCUT2D eigenvalue weighted by atomic mass is 9.96. The predicted octanol–water partition coefficient (Wildman–Crippen LogP) is 17.0. The number of carbonyl (C=O) groups excluding carboxylic acids is 7. The molecule has 110 heavy (non-hydrogen) atoms. The van der Waals surface area contributed by atoms with Crippen molar-refractivity contribution in [3.05, 3.63) is 362 Å². The van der Waals surface area contributed by atoms with Crippen LogP contribution in [0.3, 0.4) is 0 Å². The van der Waals surface area contributed by atoms with Crippen LogP contribution in [0.5, 0.6) is 5.75 Å². The Hall–Kier alpha value is -12.3. The normalized spacial score (nSPS) is 17.1. The molecular formula is C90H74BrCl2FN8O8. The van der Waals surface area contributed by atoms with E-state index >= 15 is 0 Å². The lowest BCUT2D eigenvalue weighted by Crippen LogP contribution is -2.45. The minimum Gasteiger partial charge on any atom is -0.508 e. The number of hydrogen-bond donors (Lipinski definition) is 6. The van der Waals surface area contributed by atoms with Crippen molar-refractivity contribution in [2.75, 3.05) is 41.2 Å². The van der Waals surface area contributed by atoms with Gasteiger partial charge in [0.25, 0.3) is 17.7 Å². The molecule has 5 unspecified atom stereocenters. The highest BCUT2D eigenvalue weighted by Crippen LogP contribution is 2.40. The molecule has 4 aliphatic rings. The number of phenols is 1. The number of carbonyl (C=O) groups is 7. The summed E-state index contributed by atoms with van der Waals surface area (Å²) < 4.78 is 14.4. The SMILES string of the molecule is CN1C(=O)C(Cc2ccc(-c3ccccc3)cc2)NC(=O)c2cc(Br)ccc21.CN1C(=O)C(Cc2ccc(-c3ccccc3)cc2)NC(=O)c2cc(F)ccc21.CN1C(=O)C(c2ccccc2)NC(c2ccc(O)cc2)c2cc(Cl)ccc21.O=C1NC(Cc2ccc(-c3ccccc3)cc2)C(=O)Nc2ccc(Cl)cc21.